The van der Waals surface area contributed by atoms with Crippen LogP contribution in [-0.4, -0.2) is 17.3 Å². The predicted molar refractivity (Wildman–Crippen MR) is 94.3 cm³/mol. The smallest absolute Gasteiger partial charge is 0.247 e. The van der Waals surface area contributed by atoms with E-state index in [0.29, 0.717) is 18.3 Å². The molecule has 1 heterocycles. The number of anilines is 1. The fourth-order valence-electron chi connectivity index (χ4n) is 2.80. The molecule has 1 aromatic heterocycles. The van der Waals surface area contributed by atoms with Crippen LogP contribution < -0.4 is 10.1 Å². The van der Waals surface area contributed by atoms with Crippen molar-refractivity contribution in [1.82, 2.24) is 10.2 Å². The van der Waals surface area contributed by atoms with Gasteiger partial charge in [-0.15, -0.1) is 10.2 Å². The van der Waals surface area contributed by atoms with E-state index >= 15 is 0 Å². The summed E-state index contributed by atoms with van der Waals surface area (Å²) < 4.78 is 10.9. The van der Waals surface area contributed by atoms with Crippen LogP contribution in [0, 0.1) is 20.8 Å². The van der Waals surface area contributed by atoms with E-state index in [0.717, 1.165) is 17.0 Å². The third-order valence-corrected chi connectivity index (χ3v) is 3.90. The van der Waals surface area contributed by atoms with Crippen LogP contribution >= 0.6 is 0 Å². The average Bonchev–Trinajstić information content (AvgIpc) is 3.03. The minimum atomic E-state index is 0.494. The zero-order chi connectivity index (χ0) is 17.1. The van der Waals surface area contributed by atoms with Crippen LogP contribution in [0.2, 0.25) is 0 Å². The van der Waals surface area contributed by atoms with Crippen LogP contribution in [0.25, 0.3) is 11.5 Å². The highest BCUT2D eigenvalue weighted by atomic mass is 16.5. The molecule has 0 saturated heterocycles. The van der Waals surface area contributed by atoms with E-state index in [1.165, 1.54) is 16.7 Å². The molecule has 0 saturated carbocycles. The summed E-state index contributed by atoms with van der Waals surface area (Å²) in [4.78, 5) is 0. The SMILES string of the molecule is COc1ccc(-c2nnc(CNc3c(C)cc(C)cc3C)o2)cc1. The second kappa shape index (κ2) is 6.74. The molecule has 0 amide bonds. The average molecular weight is 323 g/mol. The number of benzene rings is 2. The van der Waals surface area contributed by atoms with Gasteiger partial charge >= 0.3 is 0 Å². The van der Waals surface area contributed by atoms with Crippen molar-refractivity contribution in [1.29, 1.82) is 0 Å². The molecule has 0 aliphatic carbocycles. The van der Waals surface area contributed by atoms with Crippen molar-refractivity contribution in [2.75, 3.05) is 12.4 Å². The Morgan fingerprint density at radius 2 is 1.67 bits per heavy atom. The van der Waals surface area contributed by atoms with Gasteiger partial charge in [-0.1, -0.05) is 17.7 Å². The lowest BCUT2D eigenvalue weighted by Gasteiger charge is -2.12. The zero-order valence-electron chi connectivity index (χ0n) is 14.4. The Morgan fingerprint density at radius 3 is 2.29 bits per heavy atom. The number of hydrogen-bond donors (Lipinski definition) is 1. The van der Waals surface area contributed by atoms with Gasteiger partial charge in [-0.05, 0) is 56.2 Å². The zero-order valence-corrected chi connectivity index (χ0v) is 14.4. The van der Waals surface area contributed by atoms with Crippen molar-refractivity contribution in [3.63, 3.8) is 0 Å². The van der Waals surface area contributed by atoms with E-state index in [4.69, 9.17) is 9.15 Å². The Hall–Kier alpha value is -2.82. The maximum absolute atomic E-state index is 5.74. The summed E-state index contributed by atoms with van der Waals surface area (Å²) in [5.74, 6) is 1.86. The minimum absolute atomic E-state index is 0.494. The van der Waals surface area contributed by atoms with E-state index in [-0.39, 0.29) is 0 Å². The van der Waals surface area contributed by atoms with E-state index in [1.807, 2.05) is 24.3 Å². The maximum atomic E-state index is 5.74. The quantitative estimate of drug-likeness (QED) is 0.759. The summed E-state index contributed by atoms with van der Waals surface area (Å²) in [5.41, 5.74) is 5.67. The van der Waals surface area contributed by atoms with Crippen molar-refractivity contribution in [2.24, 2.45) is 0 Å². The summed E-state index contributed by atoms with van der Waals surface area (Å²) >= 11 is 0. The van der Waals surface area contributed by atoms with Gasteiger partial charge in [0.2, 0.25) is 11.8 Å². The molecule has 3 aromatic rings. The minimum Gasteiger partial charge on any atom is -0.497 e. The Labute approximate surface area is 141 Å². The van der Waals surface area contributed by atoms with Crippen molar-refractivity contribution >= 4 is 5.69 Å². The van der Waals surface area contributed by atoms with Crippen molar-refractivity contribution in [2.45, 2.75) is 27.3 Å². The summed E-state index contributed by atoms with van der Waals surface area (Å²) in [6.07, 6.45) is 0. The third kappa shape index (κ3) is 3.40. The molecule has 5 heteroatoms. The number of nitrogens with one attached hydrogen (secondary N) is 1. The maximum Gasteiger partial charge on any atom is 0.247 e. The van der Waals surface area contributed by atoms with Gasteiger partial charge < -0.3 is 14.5 Å². The lowest BCUT2D eigenvalue weighted by Crippen LogP contribution is -2.03. The number of rotatable bonds is 5. The Kier molecular flexibility index (Phi) is 4.51. The lowest BCUT2D eigenvalue weighted by atomic mass is 10.1. The van der Waals surface area contributed by atoms with E-state index in [2.05, 4.69) is 48.4 Å². The number of ether oxygens (including phenoxy) is 1. The topological polar surface area (TPSA) is 60.2 Å². The molecule has 0 atom stereocenters. The fourth-order valence-corrected chi connectivity index (χ4v) is 2.80. The Balaban J connectivity index is 1.72. The summed E-state index contributed by atoms with van der Waals surface area (Å²) in [6, 6.07) is 11.9. The first-order chi connectivity index (χ1) is 11.6. The largest absolute Gasteiger partial charge is 0.497 e. The molecule has 1 N–H and O–H groups in total. The first-order valence-electron chi connectivity index (χ1n) is 7.85. The fraction of sp³-hybridized carbons (Fsp3) is 0.263. The van der Waals surface area contributed by atoms with Crippen molar-refractivity contribution in [3.05, 3.63) is 59.0 Å². The van der Waals surface area contributed by atoms with Gasteiger partial charge in [0.15, 0.2) is 0 Å². The van der Waals surface area contributed by atoms with Crippen LogP contribution in [-0.2, 0) is 6.54 Å². The lowest BCUT2D eigenvalue weighted by molar-refractivity contribution is 0.415. The second-order valence-corrected chi connectivity index (χ2v) is 5.86. The van der Waals surface area contributed by atoms with Gasteiger partial charge in [-0.2, -0.15) is 0 Å². The molecule has 5 nitrogen and oxygen atoms in total. The number of aromatic nitrogens is 2. The normalized spacial score (nSPS) is 10.7. The standard InChI is InChI=1S/C19H21N3O2/c1-12-9-13(2)18(14(3)10-12)20-11-17-21-22-19(24-17)15-5-7-16(23-4)8-6-15/h5-10,20H,11H2,1-4H3. The van der Waals surface area contributed by atoms with Crippen LogP contribution in [0.15, 0.2) is 40.8 Å². The Morgan fingerprint density at radius 1 is 1.00 bits per heavy atom. The van der Waals surface area contributed by atoms with Gasteiger partial charge in [-0.25, -0.2) is 0 Å². The highest BCUT2D eigenvalue weighted by molar-refractivity contribution is 5.58. The molecule has 0 spiro atoms. The molecule has 124 valence electrons. The van der Waals surface area contributed by atoms with Crippen LogP contribution in [0.5, 0.6) is 5.75 Å². The van der Waals surface area contributed by atoms with Crippen LogP contribution in [0.4, 0.5) is 5.69 Å². The highest BCUT2D eigenvalue weighted by Crippen LogP contribution is 2.24. The van der Waals surface area contributed by atoms with E-state index < -0.39 is 0 Å². The number of nitrogens with zero attached hydrogens (tertiary/aromatic N) is 2. The van der Waals surface area contributed by atoms with Gasteiger partial charge in [0, 0.05) is 11.3 Å². The van der Waals surface area contributed by atoms with Gasteiger partial charge in [0.25, 0.3) is 0 Å². The third-order valence-electron chi connectivity index (χ3n) is 3.90. The number of hydrogen-bond acceptors (Lipinski definition) is 5. The summed E-state index contributed by atoms with van der Waals surface area (Å²) in [7, 11) is 1.64. The van der Waals surface area contributed by atoms with Gasteiger partial charge in [-0.3, -0.25) is 0 Å². The van der Waals surface area contributed by atoms with E-state index in [1.54, 1.807) is 7.11 Å². The molecular weight excluding hydrogens is 302 g/mol. The van der Waals surface area contributed by atoms with Crippen molar-refractivity contribution in [3.8, 4) is 17.2 Å². The summed E-state index contributed by atoms with van der Waals surface area (Å²) in [6.45, 7) is 6.79. The molecule has 0 unspecified atom stereocenters. The van der Waals surface area contributed by atoms with Crippen molar-refractivity contribution < 1.29 is 9.15 Å². The molecule has 0 radical (unpaired) electrons. The van der Waals surface area contributed by atoms with Crippen LogP contribution in [0.1, 0.15) is 22.6 Å². The molecule has 3 rings (SSSR count). The molecule has 0 bridgehead atoms. The van der Waals surface area contributed by atoms with E-state index in [9.17, 15) is 0 Å². The molecule has 0 fully saturated rings. The number of aryl methyl sites for hydroxylation is 3. The van der Waals surface area contributed by atoms with Gasteiger partial charge in [0.05, 0.1) is 13.7 Å². The molecule has 2 aromatic carbocycles. The van der Waals surface area contributed by atoms with Crippen LogP contribution in [0.3, 0.4) is 0 Å². The first-order valence-corrected chi connectivity index (χ1v) is 7.85. The Bertz CT molecular complexity index is 815. The molecule has 0 aliphatic rings. The monoisotopic (exact) mass is 323 g/mol. The molecule has 24 heavy (non-hydrogen) atoms. The first kappa shape index (κ1) is 16.1. The summed E-state index contributed by atoms with van der Waals surface area (Å²) in [5, 5.41) is 11.6. The molecular formula is C19H21N3O2. The van der Waals surface area contributed by atoms with Gasteiger partial charge in [0.1, 0.15) is 5.75 Å². The number of methoxy groups -OCH3 is 1. The second-order valence-electron chi connectivity index (χ2n) is 5.86. The highest BCUT2D eigenvalue weighted by Gasteiger charge is 2.10. The predicted octanol–water partition coefficient (Wildman–Crippen LogP) is 4.28. The molecule has 0 aliphatic heterocycles.